The molecule has 4 heteroatoms. The molecule has 88 valence electrons. The highest BCUT2D eigenvalue weighted by atomic mass is 35.5. The first kappa shape index (κ1) is 10.8. The number of hydrogen-bond acceptors (Lipinski definition) is 3. The van der Waals surface area contributed by atoms with Gasteiger partial charge in [0.15, 0.2) is 0 Å². The minimum atomic E-state index is 0.500. The zero-order chi connectivity index (χ0) is 11.7. The minimum absolute atomic E-state index is 0.500. The molecule has 1 aromatic carbocycles. The molecule has 0 aliphatic carbocycles. The van der Waals surface area contributed by atoms with Crippen molar-refractivity contribution in [3.8, 4) is 0 Å². The average Bonchev–Trinajstić information content (AvgIpc) is 2.86. The number of benzene rings is 1. The first-order valence-corrected chi connectivity index (χ1v) is 6.23. The van der Waals surface area contributed by atoms with Crippen molar-refractivity contribution < 1.29 is 0 Å². The van der Waals surface area contributed by atoms with Crippen LogP contribution in [-0.4, -0.2) is 24.1 Å². The maximum Gasteiger partial charge on any atom is 0.0908 e. The van der Waals surface area contributed by atoms with Crippen LogP contribution in [0.15, 0.2) is 30.5 Å². The summed E-state index contributed by atoms with van der Waals surface area (Å²) in [5.41, 5.74) is 1.98. The summed E-state index contributed by atoms with van der Waals surface area (Å²) < 4.78 is 0. The van der Waals surface area contributed by atoms with Gasteiger partial charge < -0.3 is 10.6 Å². The van der Waals surface area contributed by atoms with E-state index >= 15 is 0 Å². The van der Waals surface area contributed by atoms with Crippen LogP contribution in [0.3, 0.4) is 0 Å². The van der Waals surface area contributed by atoms with E-state index in [2.05, 4.69) is 21.7 Å². The molecule has 0 amide bonds. The maximum absolute atomic E-state index is 6.14. The molecule has 1 aromatic heterocycles. The Balaban J connectivity index is 2.01. The second-order valence-corrected chi connectivity index (χ2v) is 4.74. The predicted molar refractivity (Wildman–Crippen MR) is 71.7 cm³/mol. The summed E-state index contributed by atoms with van der Waals surface area (Å²) in [5, 5.41) is 8.69. The number of nitrogens with zero attached hydrogens (tertiary/aromatic N) is 1. The van der Waals surface area contributed by atoms with Crippen LogP contribution in [0.1, 0.15) is 6.42 Å². The van der Waals surface area contributed by atoms with Crippen molar-refractivity contribution >= 4 is 28.2 Å². The van der Waals surface area contributed by atoms with E-state index in [4.69, 9.17) is 11.6 Å². The van der Waals surface area contributed by atoms with E-state index in [9.17, 15) is 0 Å². The second kappa shape index (κ2) is 4.51. The van der Waals surface area contributed by atoms with E-state index in [1.54, 1.807) is 6.20 Å². The van der Waals surface area contributed by atoms with Gasteiger partial charge in [0, 0.05) is 29.9 Å². The molecule has 0 bridgehead atoms. The Kier molecular flexibility index (Phi) is 2.87. The average molecular weight is 248 g/mol. The number of halogens is 1. The number of anilines is 1. The zero-order valence-corrected chi connectivity index (χ0v) is 10.2. The van der Waals surface area contributed by atoms with Crippen LogP contribution in [0.4, 0.5) is 5.69 Å². The SMILES string of the molecule is Clc1ccc(NC2CCNC2)c2cccnc12. The van der Waals surface area contributed by atoms with Gasteiger partial charge >= 0.3 is 0 Å². The summed E-state index contributed by atoms with van der Waals surface area (Å²) in [6.45, 7) is 2.10. The van der Waals surface area contributed by atoms with E-state index in [1.807, 2.05) is 18.2 Å². The van der Waals surface area contributed by atoms with E-state index in [-0.39, 0.29) is 0 Å². The van der Waals surface area contributed by atoms with Crippen molar-refractivity contribution in [2.24, 2.45) is 0 Å². The van der Waals surface area contributed by atoms with Crippen LogP contribution < -0.4 is 10.6 Å². The van der Waals surface area contributed by atoms with Gasteiger partial charge in [-0.05, 0) is 37.2 Å². The highest BCUT2D eigenvalue weighted by Gasteiger charge is 2.15. The number of fused-ring (bicyclic) bond motifs is 1. The Bertz CT molecular complexity index is 535. The van der Waals surface area contributed by atoms with E-state index in [1.165, 1.54) is 0 Å². The first-order valence-electron chi connectivity index (χ1n) is 5.85. The molecular formula is C13H14ClN3. The lowest BCUT2D eigenvalue weighted by Crippen LogP contribution is -2.22. The van der Waals surface area contributed by atoms with Crippen LogP contribution in [-0.2, 0) is 0 Å². The van der Waals surface area contributed by atoms with Gasteiger partial charge in [-0.2, -0.15) is 0 Å². The molecule has 1 unspecified atom stereocenters. The number of aromatic nitrogens is 1. The molecule has 1 saturated heterocycles. The molecule has 17 heavy (non-hydrogen) atoms. The van der Waals surface area contributed by atoms with Crippen LogP contribution >= 0.6 is 11.6 Å². The summed E-state index contributed by atoms with van der Waals surface area (Å²) in [6.07, 6.45) is 2.93. The monoisotopic (exact) mass is 247 g/mol. The molecular weight excluding hydrogens is 234 g/mol. The second-order valence-electron chi connectivity index (χ2n) is 4.33. The Morgan fingerprint density at radius 3 is 3.12 bits per heavy atom. The van der Waals surface area contributed by atoms with Crippen LogP contribution in [0, 0.1) is 0 Å². The van der Waals surface area contributed by atoms with Crippen LogP contribution in [0.25, 0.3) is 10.9 Å². The minimum Gasteiger partial charge on any atom is -0.380 e. The molecule has 1 fully saturated rings. The topological polar surface area (TPSA) is 37.0 Å². The van der Waals surface area contributed by atoms with Crippen LogP contribution in [0.5, 0.6) is 0 Å². The molecule has 3 nitrogen and oxygen atoms in total. The number of nitrogens with one attached hydrogen (secondary N) is 2. The summed E-state index contributed by atoms with van der Waals surface area (Å²) in [7, 11) is 0. The third-order valence-electron chi connectivity index (χ3n) is 3.14. The molecule has 1 aliphatic rings. The van der Waals surface area contributed by atoms with Gasteiger partial charge in [-0.25, -0.2) is 0 Å². The largest absolute Gasteiger partial charge is 0.380 e. The van der Waals surface area contributed by atoms with Gasteiger partial charge in [0.25, 0.3) is 0 Å². The normalized spacial score (nSPS) is 19.7. The molecule has 2 heterocycles. The van der Waals surface area contributed by atoms with Gasteiger partial charge in [-0.3, -0.25) is 4.98 Å². The summed E-state index contributed by atoms with van der Waals surface area (Å²) in [4.78, 5) is 4.33. The fourth-order valence-corrected chi connectivity index (χ4v) is 2.48. The highest BCUT2D eigenvalue weighted by Crippen LogP contribution is 2.28. The van der Waals surface area contributed by atoms with Crippen molar-refractivity contribution in [1.29, 1.82) is 0 Å². The maximum atomic E-state index is 6.14. The summed E-state index contributed by atoms with van der Waals surface area (Å²) in [5.74, 6) is 0. The molecule has 3 rings (SSSR count). The molecule has 0 radical (unpaired) electrons. The lowest BCUT2D eigenvalue weighted by atomic mass is 10.1. The summed E-state index contributed by atoms with van der Waals surface area (Å²) in [6, 6.07) is 8.43. The van der Waals surface area contributed by atoms with Crippen molar-refractivity contribution in [3.05, 3.63) is 35.5 Å². The fraction of sp³-hybridized carbons (Fsp3) is 0.308. The van der Waals surface area contributed by atoms with E-state index in [0.29, 0.717) is 11.1 Å². The lowest BCUT2D eigenvalue weighted by Gasteiger charge is -2.15. The lowest BCUT2D eigenvalue weighted by molar-refractivity contribution is 0.794. The highest BCUT2D eigenvalue weighted by molar-refractivity contribution is 6.35. The predicted octanol–water partition coefficient (Wildman–Crippen LogP) is 2.66. The third kappa shape index (κ3) is 2.08. The van der Waals surface area contributed by atoms with E-state index in [0.717, 1.165) is 36.1 Å². The van der Waals surface area contributed by atoms with Gasteiger partial charge in [0.05, 0.1) is 10.5 Å². The van der Waals surface area contributed by atoms with Gasteiger partial charge in [-0.1, -0.05) is 11.6 Å². The molecule has 1 atom stereocenters. The Morgan fingerprint density at radius 2 is 2.29 bits per heavy atom. The molecule has 2 aromatic rings. The Labute approximate surface area is 105 Å². The molecule has 0 spiro atoms. The number of hydrogen-bond donors (Lipinski definition) is 2. The van der Waals surface area contributed by atoms with E-state index < -0.39 is 0 Å². The summed E-state index contributed by atoms with van der Waals surface area (Å²) >= 11 is 6.14. The Morgan fingerprint density at radius 1 is 1.35 bits per heavy atom. The fourth-order valence-electron chi connectivity index (χ4n) is 2.26. The number of pyridine rings is 1. The Hall–Kier alpha value is -1.32. The quantitative estimate of drug-likeness (QED) is 0.857. The van der Waals surface area contributed by atoms with Crippen LogP contribution in [0.2, 0.25) is 5.02 Å². The van der Waals surface area contributed by atoms with Gasteiger partial charge in [0.2, 0.25) is 0 Å². The van der Waals surface area contributed by atoms with Crippen molar-refractivity contribution in [2.45, 2.75) is 12.5 Å². The molecule has 1 aliphatic heterocycles. The number of rotatable bonds is 2. The molecule has 0 saturated carbocycles. The third-order valence-corrected chi connectivity index (χ3v) is 3.45. The van der Waals surface area contributed by atoms with Crippen molar-refractivity contribution in [1.82, 2.24) is 10.3 Å². The smallest absolute Gasteiger partial charge is 0.0908 e. The van der Waals surface area contributed by atoms with Crippen molar-refractivity contribution in [2.75, 3.05) is 18.4 Å². The molecule has 2 N–H and O–H groups in total. The van der Waals surface area contributed by atoms with Crippen molar-refractivity contribution in [3.63, 3.8) is 0 Å². The van der Waals surface area contributed by atoms with Gasteiger partial charge in [-0.15, -0.1) is 0 Å². The standard InChI is InChI=1S/C13H14ClN3/c14-11-3-4-12(17-9-5-7-15-8-9)10-2-1-6-16-13(10)11/h1-4,6,9,15,17H,5,7-8H2. The van der Waals surface area contributed by atoms with Gasteiger partial charge in [0.1, 0.15) is 0 Å². The zero-order valence-electron chi connectivity index (χ0n) is 9.41. The first-order chi connectivity index (χ1) is 8.34.